The summed E-state index contributed by atoms with van der Waals surface area (Å²) in [5.74, 6) is -0.173. The standard InChI is InChI=1S/C14H21NO2/c1-4-13(12-8-6-5-7-9-12)15-11(2)10-14(16)17-3/h5-9,11,13,15H,4,10H2,1-3H3. The highest BCUT2D eigenvalue weighted by Crippen LogP contribution is 2.17. The van der Waals surface area contributed by atoms with Gasteiger partial charge in [-0.1, -0.05) is 37.3 Å². The Kier molecular flexibility index (Phi) is 5.70. The van der Waals surface area contributed by atoms with Gasteiger partial charge in [0.15, 0.2) is 0 Å². The van der Waals surface area contributed by atoms with Crippen LogP contribution in [0.2, 0.25) is 0 Å². The van der Waals surface area contributed by atoms with Crippen LogP contribution in [0.25, 0.3) is 0 Å². The first kappa shape index (κ1) is 13.7. The van der Waals surface area contributed by atoms with Crippen molar-refractivity contribution in [2.75, 3.05) is 7.11 Å². The summed E-state index contributed by atoms with van der Waals surface area (Å²) < 4.78 is 4.66. The molecule has 0 saturated carbocycles. The lowest BCUT2D eigenvalue weighted by atomic mass is 10.0. The minimum atomic E-state index is -0.173. The molecule has 0 radical (unpaired) electrons. The Morgan fingerprint density at radius 2 is 2.00 bits per heavy atom. The molecule has 3 heteroatoms. The molecule has 3 nitrogen and oxygen atoms in total. The van der Waals surface area contributed by atoms with Crippen LogP contribution in [0.5, 0.6) is 0 Å². The molecule has 1 aromatic rings. The van der Waals surface area contributed by atoms with Crippen LogP contribution in [0.3, 0.4) is 0 Å². The average molecular weight is 235 g/mol. The largest absolute Gasteiger partial charge is 0.469 e. The van der Waals surface area contributed by atoms with E-state index in [1.165, 1.54) is 12.7 Å². The first-order valence-corrected chi connectivity index (χ1v) is 6.05. The average Bonchev–Trinajstić information content (AvgIpc) is 2.36. The molecule has 0 fully saturated rings. The Balaban J connectivity index is 2.55. The third kappa shape index (κ3) is 4.57. The van der Waals surface area contributed by atoms with Crippen molar-refractivity contribution in [2.45, 2.75) is 38.8 Å². The van der Waals surface area contributed by atoms with Gasteiger partial charge in [-0.15, -0.1) is 0 Å². The quantitative estimate of drug-likeness (QED) is 0.770. The van der Waals surface area contributed by atoms with E-state index in [-0.39, 0.29) is 18.1 Å². The van der Waals surface area contributed by atoms with Gasteiger partial charge in [0.2, 0.25) is 0 Å². The van der Waals surface area contributed by atoms with Gasteiger partial charge in [0.05, 0.1) is 13.5 Å². The van der Waals surface area contributed by atoms with Crippen LogP contribution in [0.15, 0.2) is 30.3 Å². The molecule has 0 bridgehead atoms. The number of benzene rings is 1. The number of carbonyl (C=O) groups is 1. The summed E-state index contributed by atoms with van der Waals surface area (Å²) in [6.07, 6.45) is 1.40. The topological polar surface area (TPSA) is 38.3 Å². The number of rotatable bonds is 6. The Bertz CT molecular complexity index is 337. The van der Waals surface area contributed by atoms with Gasteiger partial charge < -0.3 is 10.1 Å². The minimum Gasteiger partial charge on any atom is -0.469 e. The van der Waals surface area contributed by atoms with Crippen molar-refractivity contribution in [3.05, 3.63) is 35.9 Å². The molecule has 1 aromatic carbocycles. The van der Waals surface area contributed by atoms with Crippen molar-refractivity contribution < 1.29 is 9.53 Å². The van der Waals surface area contributed by atoms with E-state index < -0.39 is 0 Å². The Morgan fingerprint density at radius 1 is 1.35 bits per heavy atom. The van der Waals surface area contributed by atoms with E-state index in [4.69, 9.17) is 0 Å². The molecule has 0 aromatic heterocycles. The van der Waals surface area contributed by atoms with Gasteiger partial charge in [0, 0.05) is 12.1 Å². The first-order chi connectivity index (χ1) is 8.17. The third-order valence-corrected chi connectivity index (χ3v) is 2.80. The molecule has 0 amide bonds. The summed E-state index contributed by atoms with van der Waals surface area (Å²) in [6.45, 7) is 4.14. The fourth-order valence-electron chi connectivity index (χ4n) is 1.87. The van der Waals surface area contributed by atoms with Crippen molar-refractivity contribution in [1.82, 2.24) is 5.32 Å². The highest BCUT2D eigenvalue weighted by molar-refractivity contribution is 5.69. The second-order valence-electron chi connectivity index (χ2n) is 4.22. The van der Waals surface area contributed by atoms with Gasteiger partial charge in [-0.05, 0) is 18.9 Å². The van der Waals surface area contributed by atoms with Crippen molar-refractivity contribution in [3.8, 4) is 0 Å². The van der Waals surface area contributed by atoms with E-state index in [1.807, 2.05) is 25.1 Å². The third-order valence-electron chi connectivity index (χ3n) is 2.80. The number of hydrogen-bond donors (Lipinski definition) is 1. The lowest BCUT2D eigenvalue weighted by Gasteiger charge is -2.22. The smallest absolute Gasteiger partial charge is 0.307 e. The van der Waals surface area contributed by atoms with Gasteiger partial charge in [0.1, 0.15) is 0 Å². The summed E-state index contributed by atoms with van der Waals surface area (Å²) in [7, 11) is 1.42. The van der Waals surface area contributed by atoms with Gasteiger partial charge in [-0.3, -0.25) is 4.79 Å². The zero-order chi connectivity index (χ0) is 12.7. The number of ether oxygens (including phenoxy) is 1. The molecule has 1 N–H and O–H groups in total. The number of nitrogens with one attached hydrogen (secondary N) is 1. The zero-order valence-electron chi connectivity index (χ0n) is 10.8. The number of hydrogen-bond acceptors (Lipinski definition) is 3. The summed E-state index contributed by atoms with van der Waals surface area (Å²) in [5.41, 5.74) is 1.26. The molecule has 2 unspecified atom stereocenters. The lowest BCUT2D eigenvalue weighted by Crippen LogP contribution is -2.32. The summed E-state index contributed by atoms with van der Waals surface area (Å²) >= 11 is 0. The number of esters is 1. The molecule has 0 spiro atoms. The van der Waals surface area contributed by atoms with Crippen molar-refractivity contribution in [3.63, 3.8) is 0 Å². The molecule has 2 atom stereocenters. The number of carbonyl (C=O) groups excluding carboxylic acids is 1. The summed E-state index contributed by atoms with van der Waals surface area (Å²) in [5, 5.41) is 3.45. The van der Waals surface area contributed by atoms with Crippen LogP contribution in [0, 0.1) is 0 Å². The van der Waals surface area contributed by atoms with E-state index in [9.17, 15) is 4.79 Å². The fourth-order valence-corrected chi connectivity index (χ4v) is 1.87. The Labute approximate surface area is 103 Å². The second kappa shape index (κ2) is 7.07. The molecule has 0 aliphatic rings. The maximum Gasteiger partial charge on any atom is 0.307 e. The van der Waals surface area contributed by atoms with Crippen molar-refractivity contribution in [1.29, 1.82) is 0 Å². The molecular formula is C14H21NO2. The molecule has 17 heavy (non-hydrogen) atoms. The number of methoxy groups -OCH3 is 1. The Hall–Kier alpha value is -1.35. The lowest BCUT2D eigenvalue weighted by molar-refractivity contribution is -0.141. The van der Waals surface area contributed by atoms with E-state index in [1.54, 1.807) is 0 Å². The molecule has 1 rings (SSSR count). The van der Waals surface area contributed by atoms with Crippen molar-refractivity contribution in [2.24, 2.45) is 0 Å². The molecule has 0 aliphatic carbocycles. The molecule has 0 heterocycles. The second-order valence-corrected chi connectivity index (χ2v) is 4.22. The fraction of sp³-hybridized carbons (Fsp3) is 0.500. The summed E-state index contributed by atoms with van der Waals surface area (Å²) in [4.78, 5) is 11.2. The maximum atomic E-state index is 11.2. The van der Waals surface area contributed by atoms with E-state index >= 15 is 0 Å². The molecule has 0 saturated heterocycles. The van der Waals surface area contributed by atoms with E-state index in [0.717, 1.165) is 6.42 Å². The van der Waals surface area contributed by atoms with Crippen LogP contribution in [0.4, 0.5) is 0 Å². The Morgan fingerprint density at radius 3 is 2.53 bits per heavy atom. The first-order valence-electron chi connectivity index (χ1n) is 6.05. The highest BCUT2D eigenvalue weighted by atomic mass is 16.5. The predicted octanol–water partition coefficient (Wildman–Crippen LogP) is 2.68. The van der Waals surface area contributed by atoms with Crippen molar-refractivity contribution >= 4 is 5.97 Å². The minimum absolute atomic E-state index is 0.118. The normalized spacial score (nSPS) is 14.1. The zero-order valence-corrected chi connectivity index (χ0v) is 10.8. The van der Waals surface area contributed by atoms with Crippen LogP contribution in [-0.2, 0) is 9.53 Å². The van der Waals surface area contributed by atoms with E-state index in [0.29, 0.717) is 6.42 Å². The summed E-state index contributed by atoms with van der Waals surface area (Å²) in [6, 6.07) is 10.7. The van der Waals surface area contributed by atoms with Crippen LogP contribution in [-0.4, -0.2) is 19.1 Å². The molecule has 0 aliphatic heterocycles. The van der Waals surface area contributed by atoms with Gasteiger partial charge in [-0.2, -0.15) is 0 Å². The monoisotopic (exact) mass is 235 g/mol. The molecular weight excluding hydrogens is 214 g/mol. The van der Waals surface area contributed by atoms with Crippen LogP contribution < -0.4 is 5.32 Å². The van der Waals surface area contributed by atoms with Gasteiger partial charge in [0.25, 0.3) is 0 Å². The maximum absolute atomic E-state index is 11.2. The van der Waals surface area contributed by atoms with Crippen LogP contribution >= 0.6 is 0 Å². The van der Waals surface area contributed by atoms with Gasteiger partial charge >= 0.3 is 5.97 Å². The predicted molar refractivity (Wildman–Crippen MR) is 68.7 cm³/mol. The van der Waals surface area contributed by atoms with E-state index in [2.05, 4.69) is 29.1 Å². The SMILES string of the molecule is CCC(NC(C)CC(=O)OC)c1ccccc1. The van der Waals surface area contributed by atoms with Crippen LogP contribution in [0.1, 0.15) is 38.3 Å². The molecule has 94 valence electrons. The van der Waals surface area contributed by atoms with Gasteiger partial charge in [-0.25, -0.2) is 0 Å². The highest BCUT2D eigenvalue weighted by Gasteiger charge is 2.14.